The molecule has 1 saturated heterocycles. The second kappa shape index (κ2) is 5.54. The smallest absolute Gasteiger partial charge is 0.340 e. The highest BCUT2D eigenvalue weighted by molar-refractivity contribution is 6.02. The first-order valence-corrected chi connectivity index (χ1v) is 6.82. The van der Waals surface area contributed by atoms with Gasteiger partial charge < -0.3 is 9.47 Å². The number of carbonyl (C=O) groups excluding carboxylic acids is 1. The van der Waals surface area contributed by atoms with Crippen LogP contribution in [0, 0.1) is 16.7 Å². The van der Waals surface area contributed by atoms with Crippen LogP contribution in [-0.4, -0.2) is 36.0 Å². The van der Waals surface area contributed by atoms with Gasteiger partial charge in [-0.3, -0.25) is 5.10 Å². The average Bonchev–Trinajstić information content (AvgIpc) is 3.02. The van der Waals surface area contributed by atoms with E-state index in [1.54, 1.807) is 18.3 Å². The van der Waals surface area contributed by atoms with Gasteiger partial charge in [0.15, 0.2) is 0 Å². The van der Waals surface area contributed by atoms with Crippen molar-refractivity contribution in [3.8, 4) is 6.07 Å². The molecule has 1 aromatic carbocycles. The van der Waals surface area contributed by atoms with Crippen LogP contribution in [0.15, 0.2) is 24.4 Å². The molecule has 6 heteroatoms. The molecule has 2 aromatic rings. The molecule has 0 spiro atoms. The Kier molecular flexibility index (Phi) is 3.59. The maximum atomic E-state index is 12.2. The highest BCUT2D eigenvalue weighted by atomic mass is 16.5. The minimum absolute atomic E-state index is 0.0935. The van der Waals surface area contributed by atoms with Crippen LogP contribution in [0.2, 0.25) is 0 Å². The number of hydrogen-bond acceptors (Lipinski definition) is 5. The van der Waals surface area contributed by atoms with Gasteiger partial charge in [0, 0.05) is 18.6 Å². The molecule has 2 heterocycles. The van der Waals surface area contributed by atoms with Crippen molar-refractivity contribution in [3.63, 3.8) is 0 Å². The molecule has 1 fully saturated rings. The number of aromatic amines is 1. The molecule has 21 heavy (non-hydrogen) atoms. The van der Waals surface area contributed by atoms with E-state index in [0.29, 0.717) is 37.1 Å². The molecule has 0 saturated carbocycles. The number of aromatic nitrogens is 2. The van der Waals surface area contributed by atoms with Gasteiger partial charge in [0.2, 0.25) is 0 Å². The topological polar surface area (TPSA) is 88.0 Å². The van der Waals surface area contributed by atoms with Crippen LogP contribution >= 0.6 is 0 Å². The van der Waals surface area contributed by atoms with Gasteiger partial charge in [0.25, 0.3) is 0 Å². The molecule has 0 unspecified atom stereocenters. The summed E-state index contributed by atoms with van der Waals surface area (Å²) < 4.78 is 10.6. The van der Waals surface area contributed by atoms with Crippen LogP contribution < -0.4 is 0 Å². The van der Waals surface area contributed by atoms with E-state index in [1.165, 1.54) is 0 Å². The number of nitrogens with one attached hydrogen (secondary N) is 1. The van der Waals surface area contributed by atoms with Crippen LogP contribution in [0.25, 0.3) is 10.9 Å². The molecule has 0 radical (unpaired) electrons. The molecule has 3 rings (SSSR count). The van der Waals surface area contributed by atoms with Crippen molar-refractivity contribution in [2.75, 3.05) is 19.8 Å². The molecule has 108 valence electrons. The maximum Gasteiger partial charge on any atom is 0.340 e. The maximum absolute atomic E-state index is 12.2. The molecular weight excluding hydrogens is 270 g/mol. The molecule has 1 aromatic heterocycles. The Labute approximate surface area is 121 Å². The van der Waals surface area contributed by atoms with Crippen molar-refractivity contribution < 1.29 is 14.3 Å². The Morgan fingerprint density at radius 1 is 1.48 bits per heavy atom. The molecular formula is C15H15N3O3. The SMILES string of the molecule is N#CC1(COC(=O)c2cccc3cn[nH]c23)CCOCC1. The van der Waals surface area contributed by atoms with Crippen LogP contribution in [0.3, 0.4) is 0 Å². The Hall–Kier alpha value is -2.39. The molecule has 0 amide bonds. The first kappa shape index (κ1) is 13.6. The molecule has 0 bridgehead atoms. The predicted molar refractivity (Wildman–Crippen MR) is 74.5 cm³/mol. The lowest BCUT2D eigenvalue weighted by Gasteiger charge is -2.29. The van der Waals surface area contributed by atoms with Crippen LogP contribution in [0.1, 0.15) is 23.2 Å². The van der Waals surface area contributed by atoms with Crippen molar-refractivity contribution in [2.24, 2.45) is 5.41 Å². The lowest BCUT2D eigenvalue weighted by molar-refractivity contribution is -0.00457. The number of hydrogen-bond donors (Lipinski definition) is 1. The molecule has 6 nitrogen and oxygen atoms in total. The average molecular weight is 285 g/mol. The number of nitrogens with zero attached hydrogens (tertiary/aromatic N) is 2. The number of fused-ring (bicyclic) bond motifs is 1. The Bertz CT molecular complexity index is 695. The molecule has 0 aliphatic carbocycles. The third-order valence-corrected chi connectivity index (χ3v) is 3.86. The quantitative estimate of drug-likeness (QED) is 0.872. The minimum atomic E-state index is -0.629. The zero-order valence-electron chi connectivity index (χ0n) is 11.5. The van der Waals surface area contributed by atoms with Crippen molar-refractivity contribution in [1.82, 2.24) is 10.2 Å². The highest BCUT2D eigenvalue weighted by Crippen LogP contribution is 2.30. The van der Waals surface area contributed by atoms with Crippen molar-refractivity contribution in [3.05, 3.63) is 30.0 Å². The van der Waals surface area contributed by atoms with Gasteiger partial charge in [-0.05, 0) is 18.9 Å². The fourth-order valence-electron chi connectivity index (χ4n) is 2.47. The fraction of sp³-hybridized carbons (Fsp3) is 0.400. The number of esters is 1. The molecule has 1 aliphatic heterocycles. The van der Waals surface area contributed by atoms with Crippen molar-refractivity contribution >= 4 is 16.9 Å². The Morgan fingerprint density at radius 3 is 3.05 bits per heavy atom. The van der Waals surface area contributed by atoms with E-state index in [-0.39, 0.29) is 6.61 Å². The second-order valence-electron chi connectivity index (χ2n) is 5.22. The van der Waals surface area contributed by atoms with Gasteiger partial charge in [-0.25, -0.2) is 4.79 Å². The summed E-state index contributed by atoms with van der Waals surface area (Å²) in [7, 11) is 0. The zero-order chi connectivity index (χ0) is 14.7. The largest absolute Gasteiger partial charge is 0.460 e. The summed E-state index contributed by atoms with van der Waals surface area (Å²) in [5.74, 6) is -0.439. The first-order chi connectivity index (χ1) is 10.2. The number of H-pyrrole nitrogens is 1. The van der Waals surface area contributed by atoms with Crippen LogP contribution in [0.5, 0.6) is 0 Å². The summed E-state index contributed by atoms with van der Waals surface area (Å²) in [5, 5.41) is 16.9. The van der Waals surface area contributed by atoms with E-state index in [4.69, 9.17) is 9.47 Å². The lowest BCUT2D eigenvalue weighted by atomic mass is 9.83. The lowest BCUT2D eigenvalue weighted by Crippen LogP contribution is -2.33. The highest BCUT2D eigenvalue weighted by Gasteiger charge is 2.34. The van der Waals surface area contributed by atoms with E-state index < -0.39 is 11.4 Å². The van der Waals surface area contributed by atoms with Gasteiger partial charge in [-0.2, -0.15) is 10.4 Å². The summed E-state index contributed by atoms with van der Waals surface area (Å²) >= 11 is 0. The van der Waals surface area contributed by atoms with Gasteiger partial charge in [0.05, 0.1) is 28.8 Å². The van der Waals surface area contributed by atoms with Gasteiger partial charge >= 0.3 is 5.97 Å². The monoisotopic (exact) mass is 285 g/mol. The standard InChI is InChI=1S/C15H15N3O3/c16-9-15(4-6-20-7-5-15)10-21-14(19)12-3-1-2-11-8-17-18-13(11)12/h1-3,8H,4-7,10H2,(H,17,18). The molecule has 1 N–H and O–H groups in total. The summed E-state index contributed by atoms with van der Waals surface area (Å²) in [6, 6.07) is 7.61. The number of ether oxygens (including phenoxy) is 2. The number of nitriles is 1. The first-order valence-electron chi connectivity index (χ1n) is 6.82. The third-order valence-electron chi connectivity index (χ3n) is 3.86. The third kappa shape index (κ3) is 2.60. The van der Waals surface area contributed by atoms with E-state index in [2.05, 4.69) is 16.3 Å². The zero-order valence-corrected chi connectivity index (χ0v) is 11.5. The number of rotatable bonds is 3. The fourth-order valence-corrected chi connectivity index (χ4v) is 2.47. The van der Waals surface area contributed by atoms with Crippen LogP contribution in [0.4, 0.5) is 0 Å². The van der Waals surface area contributed by atoms with Gasteiger partial charge in [0.1, 0.15) is 6.61 Å². The predicted octanol–water partition coefficient (Wildman–Crippen LogP) is 2.04. The van der Waals surface area contributed by atoms with Gasteiger partial charge in [-0.15, -0.1) is 0 Å². The molecule has 0 atom stereocenters. The Morgan fingerprint density at radius 2 is 2.29 bits per heavy atom. The summed E-state index contributed by atoms with van der Waals surface area (Å²) in [6.45, 7) is 1.15. The number of para-hydroxylation sites is 1. The van der Waals surface area contributed by atoms with Gasteiger partial charge in [-0.1, -0.05) is 12.1 Å². The summed E-state index contributed by atoms with van der Waals surface area (Å²) in [4.78, 5) is 12.2. The Balaban J connectivity index is 1.75. The van der Waals surface area contributed by atoms with Crippen molar-refractivity contribution in [2.45, 2.75) is 12.8 Å². The van der Waals surface area contributed by atoms with Crippen LogP contribution in [-0.2, 0) is 9.47 Å². The molecule has 1 aliphatic rings. The van der Waals surface area contributed by atoms with E-state index >= 15 is 0 Å². The number of benzene rings is 1. The normalized spacial score (nSPS) is 17.3. The summed E-state index contributed by atoms with van der Waals surface area (Å²) in [5.41, 5.74) is 0.459. The second-order valence-corrected chi connectivity index (χ2v) is 5.22. The van der Waals surface area contributed by atoms with E-state index in [1.807, 2.05) is 6.07 Å². The number of carbonyl (C=O) groups is 1. The minimum Gasteiger partial charge on any atom is -0.460 e. The summed E-state index contributed by atoms with van der Waals surface area (Å²) in [6.07, 6.45) is 2.83. The van der Waals surface area contributed by atoms with E-state index in [0.717, 1.165) is 5.39 Å². The van der Waals surface area contributed by atoms with E-state index in [9.17, 15) is 10.1 Å². The van der Waals surface area contributed by atoms with Crippen molar-refractivity contribution in [1.29, 1.82) is 5.26 Å².